The fraction of sp³-hybridized carbons (Fsp3) is 0.182. The van der Waals surface area contributed by atoms with Gasteiger partial charge >= 0.3 is 0 Å². The lowest BCUT2D eigenvalue weighted by Gasteiger charge is -2.19. The van der Waals surface area contributed by atoms with Gasteiger partial charge in [-0.25, -0.2) is 0 Å². The van der Waals surface area contributed by atoms with E-state index in [-0.39, 0.29) is 11.8 Å². The summed E-state index contributed by atoms with van der Waals surface area (Å²) >= 11 is 6.09. The largest absolute Gasteiger partial charge is 0.491 e. The molecule has 3 aromatic carbocycles. The van der Waals surface area contributed by atoms with Gasteiger partial charge in [0.1, 0.15) is 18.4 Å². The van der Waals surface area contributed by atoms with Crippen LogP contribution >= 0.6 is 11.6 Å². The highest BCUT2D eigenvalue weighted by Gasteiger charge is 2.37. The maximum atomic E-state index is 12.9. The quantitative estimate of drug-likeness (QED) is 0.708. The van der Waals surface area contributed by atoms with Crippen LogP contribution in [-0.2, 0) is 9.59 Å². The van der Waals surface area contributed by atoms with Crippen molar-refractivity contribution in [2.24, 2.45) is 0 Å². The monoisotopic (exact) mass is 394 g/mol. The molecule has 6 heteroatoms. The van der Waals surface area contributed by atoms with Crippen LogP contribution in [0.4, 0.5) is 5.69 Å². The number of anilines is 1. The first kappa shape index (κ1) is 18.3. The number of rotatable bonds is 5. The molecule has 0 fully saturated rings. The Morgan fingerprint density at radius 2 is 1.93 bits per heavy atom. The summed E-state index contributed by atoms with van der Waals surface area (Å²) in [4.78, 5) is 26.0. The van der Waals surface area contributed by atoms with Gasteiger partial charge in [-0.1, -0.05) is 48.0 Å². The standard InChI is InChI=1S/C22H19ClN2O3/c1-14(26)24-21-18-13-16(23)9-10-19(18)25(22(21)27)11-12-28-20-8-4-6-15-5-2-3-7-17(15)20/h2-10,13,21H,11-12H2,1H3,(H,24,26)/t21-/m1/s1. The van der Waals surface area contributed by atoms with Crippen LogP contribution < -0.4 is 15.0 Å². The lowest BCUT2D eigenvalue weighted by atomic mass is 10.1. The minimum atomic E-state index is -0.719. The topological polar surface area (TPSA) is 58.6 Å². The molecule has 0 aliphatic carbocycles. The van der Waals surface area contributed by atoms with Crippen LogP contribution in [0.15, 0.2) is 60.7 Å². The number of nitrogens with zero attached hydrogens (tertiary/aromatic N) is 1. The van der Waals surface area contributed by atoms with E-state index < -0.39 is 6.04 Å². The number of carbonyl (C=O) groups is 2. The third-order valence-corrected chi connectivity index (χ3v) is 5.01. The number of ether oxygens (including phenoxy) is 1. The van der Waals surface area contributed by atoms with Crippen molar-refractivity contribution in [3.8, 4) is 5.75 Å². The van der Waals surface area contributed by atoms with Crippen LogP contribution in [0, 0.1) is 0 Å². The third-order valence-electron chi connectivity index (χ3n) is 4.77. The van der Waals surface area contributed by atoms with Crippen molar-refractivity contribution in [2.75, 3.05) is 18.1 Å². The molecule has 1 atom stereocenters. The first-order valence-corrected chi connectivity index (χ1v) is 9.41. The van der Waals surface area contributed by atoms with Gasteiger partial charge in [0.2, 0.25) is 5.91 Å². The van der Waals surface area contributed by atoms with Gasteiger partial charge in [-0.2, -0.15) is 0 Å². The Morgan fingerprint density at radius 1 is 1.14 bits per heavy atom. The molecule has 0 radical (unpaired) electrons. The molecule has 0 unspecified atom stereocenters. The van der Waals surface area contributed by atoms with Crippen molar-refractivity contribution in [2.45, 2.75) is 13.0 Å². The Bertz CT molecular complexity index is 1060. The molecule has 4 rings (SSSR count). The summed E-state index contributed by atoms with van der Waals surface area (Å²) in [5, 5.41) is 5.36. The van der Waals surface area contributed by atoms with Crippen molar-refractivity contribution < 1.29 is 14.3 Å². The van der Waals surface area contributed by atoms with Crippen molar-refractivity contribution in [1.29, 1.82) is 0 Å². The van der Waals surface area contributed by atoms with E-state index in [2.05, 4.69) is 5.32 Å². The van der Waals surface area contributed by atoms with E-state index in [4.69, 9.17) is 16.3 Å². The molecule has 142 valence electrons. The fourth-order valence-electron chi connectivity index (χ4n) is 3.55. The number of nitrogens with one attached hydrogen (secondary N) is 1. The summed E-state index contributed by atoms with van der Waals surface area (Å²) in [5.41, 5.74) is 1.45. The number of amides is 2. The SMILES string of the molecule is CC(=O)N[C@H]1C(=O)N(CCOc2cccc3ccccc23)c2ccc(Cl)cc21. The smallest absolute Gasteiger partial charge is 0.254 e. The number of hydrogen-bond acceptors (Lipinski definition) is 3. The number of benzene rings is 3. The second-order valence-corrected chi connectivity index (χ2v) is 7.09. The molecular formula is C22H19ClN2O3. The molecule has 0 aromatic heterocycles. The molecule has 0 bridgehead atoms. The lowest BCUT2D eigenvalue weighted by molar-refractivity contribution is -0.126. The maximum Gasteiger partial charge on any atom is 0.254 e. The molecule has 1 heterocycles. The van der Waals surface area contributed by atoms with E-state index in [0.717, 1.165) is 22.2 Å². The van der Waals surface area contributed by atoms with Crippen molar-refractivity contribution in [3.05, 3.63) is 71.2 Å². The van der Waals surface area contributed by atoms with Gasteiger partial charge < -0.3 is 15.0 Å². The summed E-state index contributed by atoms with van der Waals surface area (Å²) < 4.78 is 5.98. The minimum absolute atomic E-state index is 0.186. The molecule has 1 aliphatic heterocycles. The van der Waals surface area contributed by atoms with Crippen molar-refractivity contribution >= 4 is 39.9 Å². The highest BCUT2D eigenvalue weighted by molar-refractivity contribution is 6.31. The van der Waals surface area contributed by atoms with E-state index in [0.29, 0.717) is 23.7 Å². The summed E-state index contributed by atoms with van der Waals surface area (Å²) in [5.74, 6) is 0.326. The van der Waals surface area contributed by atoms with Crippen LogP contribution in [0.2, 0.25) is 5.02 Å². The molecule has 0 saturated carbocycles. The van der Waals surface area contributed by atoms with Gasteiger partial charge in [0.15, 0.2) is 0 Å². The highest BCUT2D eigenvalue weighted by atomic mass is 35.5. The first-order chi connectivity index (χ1) is 13.5. The van der Waals surface area contributed by atoms with E-state index in [1.54, 1.807) is 23.1 Å². The Balaban J connectivity index is 1.53. The lowest BCUT2D eigenvalue weighted by Crippen LogP contribution is -2.38. The van der Waals surface area contributed by atoms with Crippen LogP contribution in [0.3, 0.4) is 0 Å². The first-order valence-electron chi connectivity index (χ1n) is 9.03. The number of carbonyl (C=O) groups excluding carboxylic acids is 2. The normalized spacial score (nSPS) is 15.6. The Morgan fingerprint density at radius 3 is 2.75 bits per heavy atom. The highest BCUT2D eigenvalue weighted by Crippen LogP contribution is 2.37. The van der Waals surface area contributed by atoms with Gasteiger partial charge in [0.05, 0.1) is 6.54 Å². The van der Waals surface area contributed by atoms with E-state index in [1.165, 1.54) is 6.92 Å². The van der Waals surface area contributed by atoms with Gasteiger partial charge in [-0.3, -0.25) is 9.59 Å². The molecule has 28 heavy (non-hydrogen) atoms. The van der Waals surface area contributed by atoms with E-state index in [9.17, 15) is 9.59 Å². The maximum absolute atomic E-state index is 12.9. The van der Waals surface area contributed by atoms with Crippen molar-refractivity contribution in [1.82, 2.24) is 5.32 Å². The van der Waals surface area contributed by atoms with Crippen LogP contribution in [0.5, 0.6) is 5.75 Å². The van der Waals surface area contributed by atoms with Gasteiger partial charge in [-0.05, 0) is 29.7 Å². The molecule has 1 aliphatic rings. The zero-order chi connectivity index (χ0) is 19.7. The molecule has 5 nitrogen and oxygen atoms in total. The number of fused-ring (bicyclic) bond motifs is 2. The average Bonchev–Trinajstić information content (AvgIpc) is 2.93. The number of halogens is 1. The number of hydrogen-bond donors (Lipinski definition) is 1. The molecule has 0 spiro atoms. The van der Waals surface area contributed by atoms with Gasteiger partial charge in [-0.15, -0.1) is 0 Å². The average molecular weight is 395 g/mol. The predicted octanol–water partition coefficient (Wildman–Crippen LogP) is 4.10. The zero-order valence-electron chi connectivity index (χ0n) is 15.3. The van der Waals surface area contributed by atoms with Crippen LogP contribution in [0.1, 0.15) is 18.5 Å². The van der Waals surface area contributed by atoms with Crippen molar-refractivity contribution in [3.63, 3.8) is 0 Å². The van der Waals surface area contributed by atoms with E-state index in [1.807, 2.05) is 42.5 Å². The molecule has 2 amide bonds. The Labute approximate surface area is 167 Å². The molecule has 1 N–H and O–H groups in total. The summed E-state index contributed by atoms with van der Waals surface area (Å²) in [7, 11) is 0. The van der Waals surface area contributed by atoms with E-state index >= 15 is 0 Å². The predicted molar refractivity (Wildman–Crippen MR) is 110 cm³/mol. The Hall–Kier alpha value is -3.05. The molecule has 3 aromatic rings. The zero-order valence-corrected chi connectivity index (χ0v) is 16.1. The Kier molecular flexibility index (Phi) is 4.92. The van der Waals surface area contributed by atoms with Crippen LogP contribution in [0.25, 0.3) is 10.8 Å². The third kappa shape index (κ3) is 3.41. The molecule has 0 saturated heterocycles. The van der Waals surface area contributed by atoms with Gasteiger partial charge in [0, 0.05) is 28.6 Å². The second kappa shape index (κ2) is 7.52. The summed E-state index contributed by atoms with van der Waals surface area (Å²) in [6.07, 6.45) is 0. The van der Waals surface area contributed by atoms with Gasteiger partial charge in [0.25, 0.3) is 5.91 Å². The summed E-state index contributed by atoms with van der Waals surface area (Å²) in [6, 6.07) is 18.4. The van der Waals surface area contributed by atoms with Crippen LogP contribution in [-0.4, -0.2) is 25.0 Å². The minimum Gasteiger partial charge on any atom is -0.491 e. The molecular weight excluding hydrogens is 376 g/mol. The fourth-order valence-corrected chi connectivity index (χ4v) is 3.73. The summed E-state index contributed by atoms with van der Waals surface area (Å²) in [6.45, 7) is 2.09. The second-order valence-electron chi connectivity index (χ2n) is 6.65.